The molecule has 2 rings (SSSR count). The highest BCUT2D eigenvalue weighted by molar-refractivity contribution is 9.10. The molecule has 100 valence electrons. The Labute approximate surface area is 122 Å². The summed E-state index contributed by atoms with van der Waals surface area (Å²) in [4.78, 5) is 4.53. The van der Waals surface area contributed by atoms with E-state index in [1.807, 2.05) is 50.4 Å². The molecular weight excluding hydrogens is 304 g/mol. The fourth-order valence-corrected chi connectivity index (χ4v) is 2.11. The Morgan fingerprint density at radius 2 is 2.00 bits per heavy atom. The van der Waals surface area contributed by atoms with E-state index in [1.165, 1.54) is 0 Å². The van der Waals surface area contributed by atoms with E-state index >= 15 is 0 Å². The molecule has 0 aliphatic carbocycles. The summed E-state index contributed by atoms with van der Waals surface area (Å²) >= 11 is 3.45. The molecule has 0 bridgehead atoms. The summed E-state index contributed by atoms with van der Waals surface area (Å²) < 4.78 is 6.84. The van der Waals surface area contributed by atoms with E-state index in [1.54, 1.807) is 0 Å². The Bertz CT molecular complexity index is 558. The Hall–Kier alpha value is -1.39. The second-order valence-corrected chi connectivity index (χ2v) is 5.26. The number of hydrogen-bond donors (Lipinski definition) is 1. The van der Waals surface area contributed by atoms with Crippen molar-refractivity contribution in [3.63, 3.8) is 0 Å². The maximum atomic E-state index is 5.82. The molecule has 1 aromatic carbocycles. The van der Waals surface area contributed by atoms with Crippen molar-refractivity contribution >= 4 is 15.9 Å². The molecule has 2 aromatic rings. The highest BCUT2D eigenvalue weighted by Crippen LogP contribution is 2.23. The van der Waals surface area contributed by atoms with Gasteiger partial charge in [0.1, 0.15) is 12.4 Å². The summed E-state index contributed by atoms with van der Waals surface area (Å²) in [5.74, 6) is 0.884. The number of aryl methyl sites for hydroxylation is 1. The van der Waals surface area contributed by atoms with Crippen LogP contribution in [0.2, 0.25) is 0 Å². The zero-order valence-electron chi connectivity index (χ0n) is 11.1. The quantitative estimate of drug-likeness (QED) is 0.916. The van der Waals surface area contributed by atoms with E-state index in [-0.39, 0.29) is 0 Å². The van der Waals surface area contributed by atoms with E-state index in [0.29, 0.717) is 6.61 Å². The number of nitrogens with one attached hydrogen (secondary N) is 1. The van der Waals surface area contributed by atoms with Crippen molar-refractivity contribution in [3.05, 3.63) is 57.8 Å². The van der Waals surface area contributed by atoms with Gasteiger partial charge in [0.05, 0.1) is 11.4 Å². The van der Waals surface area contributed by atoms with Crippen molar-refractivity contribution in [2.24, 2.45) is 0 Å². The monoisotopic (exact) mass is 320 g/mol. The molecule has 0 aliphatic rings. The van der Waals surface area contributed by atoms with Crippen LogP contribution in [-0.4, -0.2) is 12.0 Å². The molecule has 0 unspecified atom stereocenters. The van der Waals surface area contributed by atoms with Gasteiger partial charge in [-0.15, -0.1) is 0 Å². The molecule has 3 nitrogen and oxygen atoms in total. The van der Waals surface area contributed by atoms with Crippen LogP contribution >= 0.6 is 15.9 Å². The lowest BCUT2D eigenvalue weighted by atomic mass is 10.2. The Morgan fingerprint density at radius 3 is 2.79 bits per heavy atom. The molecule has 0 amide bonds. The average Bonchev–Trinajstić information content (AvgIpc) is 2.41. The number of hydrogen-bond acceptors (Lipinski definition) is 3. The molecule has 0 spiro atoms. The molecule has 0 aliphatic heterocycles. The van der Waals surface area contributed by atoms with E-state index in [2.05, 4.69) is 26.2 Å². The Balaban J connectivity index is 2.05. The van der Waals surface area contributed by atoms with Crippen molar-refractivity contribution < 1.29 is 4.74 Å². The van der Waals surface area contributed by atoms with Gasteiger partial charge in [-0.05, 0) is 43.8 Å². The molecule has 0 saturated carbocycles. The molecular formula is C15H17BrN2O. The third-order valence-electron chi connectivity index (χ3n) is 2.75. The summed E-state index contributed by atoms with van der Waals surface area (Å²) in [6.45, 7) is 3.28. The number of pyridine rings is 1. The van der Waals surface area contributed by atoms with Gasteiger partial charge in [-0.3, -0.25) is 4.98 Å². The standard InChI is InChI=1S/C15H17BrN2O/c1-11-6-7-12(16)8-15(11)19-10-14-5-3-4-13(18-14)9-17-2/h3-8,17H,9-10H2,1-2H3. The summed E-state index contributed by atoms with van der Waals surface area (Å²) in [6, 6.07) is 12.0. The minimum absolute atomic E-state index is 0.481. The molecule has 0 atom stereocenters. The first-order chi connectivity index (χ1) is 9.19. The average molecular weight is 321 g/mol. The van der Waals surface area contributed by atoms with Gasteiger partial charge in [0, 0.05) is 11.0 Å². The predicted molar refractivity (Wildman–Crippen MR) is 80.2 cm³/mol. The maximum Gasteiger partial charge on any atom is 0.130 e. The lowest BCUT2D eigenvalue weighted by molar-refractivity contribution is 0.298. The first-order valence-corrected chi connectivity index (χ1v) is 6.96. The van der Waals surface area contributed by atoms with Crippen LogP contribution in [-0.2, 0) is 13.2 Å². The normalized spacial score (nSPS) is 10.5. The Kier molecular flexibility index (Phi) is 4.93. The van der Waals surface area contributed by atoms with Gasteiger partial charge in [-0.1, -0.05) is 28.1 Å². The third-order valence-corrected chi connectivity index (χ3v) is 3.24. The lowest BCUT2D eigenvalue weighted by Crippen LogP contribution is -2.08. The van der Waals surface area contributed by atoms with Crippen molar-refractivity contribution in [1.29, 1.82) is 0 Å². The fourth-order valence-electron chi connectivity index (χ4n) is 1.77. The van der Waals surface area contributed by atoms with E-state index in [0.717, 1.165) is 33.7 Å². The van der Waals surface area contributed by atoms with Crippen LogP contribution in [0.3, 0.4) is 0 Å². The molecule has 0 radical (unpaired) electrons. The molecule has 4 heteroatoms. The first-order valence-electron chi connectivity index (χ1n) is 6.17. The second kappa shape index (κ2) is 6.68. The Morgan fingerprint density at radius 1 is 1.21 bits per heavy atom. The molecule has 0 fully saturated rings. The van der Waals surface area contributed by atoms with E-state index in [4.69, 9.17) is 4.74 Å². The zero-order valence-corrected chi connectivity index (χ0v) is 12.7. The van der Waals surface area contributed by atoms with Crippen LogP contribution in [0.4, 0.5) is 0 Å². The van der Waals surface area contributed by atoms with E-state index < -0.39 is 0 Å². The number of ether oxygens (including phenoxy) is 1. The molecule has 1 aromatic heterocycles. The third kappa shape index (κ3) is 4.04. The molecule has 19 heavy (non-hydrogen) atoms. The van der Waals surface area contributed by atoms with Crippen LogP contribution in [0.5, 0.6) is 5.75 Å². The van der Waals surface area contributed by atoms with Crippen molar-refractivity contribution in [2.45, 2.75) is 20.1 Å². The van der Waals surface area contributed by atoms with Crippen LogP contribution in [0.15, 0.2) is 40.9 Å². The van der Waals surface area contributed by atoms with Crippen molar-refractivity contribution in [1.82, 2.24) is 10.3 Å². The lowest BCUT2D eigenvalue weighted by Gasteiger charge is -2.10. The van der Waals surface area contributed by atoms with Gasteiger partial charge < -0.3 is 10.1 Å². The topological polar surface area (TPSA) is 34.1 Å². The van der Waals surface area contributed by atoms with Crippen LogP contribution in [0, 0.1) is 6.92 Å². The van der Waals surface area contributed by atoms with E-state index in [9.17, 15) is 0 Å². The minimum atomic E-state index is 0.481. The predicted octanol–water partition coefficient (Wildman–Crippen LogP) is 3.45. The minimum Gasteiger partial charge on any atom is -0.487 e. The van der Waals surface area contributed by atoms with Gasteiger partial charge in [-0.25, -0.2) is 0 Å². The number of rotatable bonds is 5. The number of halogens is 1. The molecule has 0 saturated heterocycles. The summed E-state index contributed by atoms with van der Waals surface area (Å²) in [7, 11) is 1.91. The van der Waals surface area contributed by atoms with Gasteiger partial charge in [0.2, 0.25) is 0 Å². The van der Waals surface area contributed by atoms with Crippen LogP contribution < -0.4 is 10.1 Å². The smallest absolute Gasteiger partial charge is 0.130 e. The van der Waals surface area contributed by atoms with Gasteiger partial charge in [-0.2, -0.15) is 0 Å². The second-order valence-electron chi connectivity index (χ2n) is 4.35. The van der Waals surface area contributed by atoms with Crippen molar-refractivity contribution in [3.8, 4) is 5.75 Å². The number of nitrogens with zero attached hydrogens (tertiary/aromatic N) is 1. The highest BCUT2D eigenvalue weighted by atomic mass is 79.9. The molecule has 1 N–H and O–H groups in total. The van der Waals surface area contributed by atoms with Crippen LogP contribution in [0.1, 0.15) is 17.0 Å². The van der Waals surface area contributed by atoms with Gasteiger partial charge in [0.15, 0.2) is 0 Å². The fraction of sp³-hybridized carbons (Fsp3) is 0.267. The van der Waals surface area contributed by atoms with Gasteiger partial charge in [0.25, 0.3) is 0 Å². The largest absolute Gasteiger partial charge is 0.487 e. The van der Waals surface area contributed by atoms with Gasteiger partial charge >= 0.3 is 0 Å². The van der Waals surface area contributed by atoms with Crippen LogP contribution in [0.25, 0.3) is 0 Å². The number of aromatic nitrogens is 1. The molecule has 1 heterocycles. The van der Waals surface area contributed by atoms with Crippen molar-refractivity contribution in [2.75, 3.05) is 7.05 Å². The SMILES string of the molecule is CNCc1cccc(COc2cc(Br)ccc2C)n1. The first kappa shape index (κ1) is 14.0. The zero-order chi connectivity index (χ0) is 13.7. The number of benzene rings is 1. The summed E-state index contributed by atoms with van der Waals surface area (Å²) in [6.07, 6.45) is 0. The summed E-state index contributed by atoms with van der Waals surface area (Å²) in [5.41, 5.74) is 3.08. The summed E-state index contributed by atoms with van der Waals surface area (Å²) in [5, 5.41) is 3.09. The highest BCUT2D eigenvalue weighted by Gasteiger charge is 2.03. The maximum absolute atomic E-state index is 5.82.